The lowest BCUT2D eigenvalue weighted by Gasteiger charge is -2.51. The zero-order valence-electron chi connectivity index (χ0n) is 10.7. The summed E-state index contributed by atoms with van der Waals surface area (Å²) in [6.45, 7) is 4.89. The number of likely N-dealkylation sites (tertiary alicyclic amines) is 1. The molecule has 92 valence electrons. The summed E-state index contributed by atoms with van der Waals surface area (Å²) < 4.78 is 0. The molecule has 1 atom stereocenters. The number of hydrogen-bond donors (Lipinski definition) is 1. The van der Waals surface area contributed by atoms with Crippen LogP contribution in [0.3, 0.4) is 0 Å². The summed E-state index contributed by atoms with van der Waals surface area (Å²) in [7, 11) is 0. The monoisotopic (exact) mass is 230 g/mol. The van der Waals surface area contributed by atoms with Crippen LogP contribution in [-0.2, 0) is 0 Å². The van der Waals surface area contributed by atoms with Crippen molar-refractivity contribution in [3.05, 3.63) is 29.8 Å². The Bertz CT molecular complexity index is 399. The highest BCUT2D eigenvalue weighted by atomic mass is 15.2. The molecule has 1 saturated carbocycles. The van der Waals surface area contributed by atoms with Gasteiger partial charge in [-0.05, 0) is 42.9 Å². The molecule has 1 aliphatic carbocycles. The van der Waals surface area contributed by atoms with E-state index in [-0.39, 0.29) is 0 Å². The van der Waals surface area contributed by atoms with Gasteiger partial charge >= 0.3 is 0 Å². The maximum absolute atomic E-state index is 5.85. The predicted molar refractivity (Wildman–Crippen MR) is 71.7 cm³/mol. The van der Waals surface area contributed by atoms with E-state index in [4.69, 9.17) is 5.73 Å². The summed E-state index contributed by atoms with van der Waals surface area (Å²) in [5.74, 6) is 0. The minimum Gasteiger partial charge on any atom is -0.399 e. The highest BCUT2D eigenvalue weighted by Gasteiger charge is 2.45. The molecule has 0 bridgehead atoms. The van der Waals surface area contributed by atoms with Crippen LogP contribution in [0.15, 0.2) is 24.3 Å². The quantitative estimate of drug-likeness (QED) is 0.790. The van der Waals surface area contributed by atoms with Gasteiger partial charge in [-0.25, -0.2) is 0 Å². The molecule has 0 radical (unpaired) electrons. The third-order valence-corrected chi connectivity index (χ3v) is 4.68. The molecule has 17 heavy (non-hydrogen) atoms. The maximum atomic E-state index is 5.85. The lowest BCUT2D eigenvalue weighted by molar-refractivity contribution is -0.0227. The smallest absolute Gasteiger partial charge is 0.0321 e. The van der Waals surface area contributed by atoms with Crippen molar-refractivity contribution < 1.29 is 0 Å². The minimum atomic E-state index is 0.518. The zero-order chi connectivity index (χ0) is 11.9. The van der Waals surface area contributed by atoms with Crippen molar-refractivity contribution in [1.29, 1.82) is 0 Å². The third-order valence-electron chi connectivity index (χ3n) is 4.68. The average Bonchev–Trinajstić information content (AvgIpc) is 2.75. The van der Waals surface area contributed by atoms with E-state index in [1.165, 1.54) is 44.3 Å². The van der Waals surface area contributed by atoms with Crippen LogP contribution >= 0.6 is 0 Å². The number of anilines is 1. The van der Waals surface area contributed by atoms with E-state index in [0.717, 1.165) is 5.69 Å². The summed E-state index contributed by atoms with van der Waals surface area (Å²) in [4.78, 5) is 2.60. The standard InChI is InChI=1S/C15H22N2/c1-12(13-5-4-6-14(16)9-13)17-10-15(11-17)7-2-3-8-15/h4-6,9,12H,2-3,7-8,10-11,16H2,1H3. The Balaban J connectivity index is 1.66. The number of nitrogen functional groups attached to an aromatic ring is 1. The second-order valence-corrected chi connectivity index (χ2v) is 5.96. The molecule has 1 aliphatic heterocycles. The van der Waals surface area contributed by atoms with Crippen LogP contribution in [0.1, 0.15) is 44.2 Å². The van der Waals surface area contributed by atoms with Crippen LogP contribution in [0, 0.1) is 5.41 Å². The molecule has 1 aromatic carbocycles. The average molecular weight is 230 g/mol. The molecule has 1 aromatic rings. The predicted octanol–water partition coefficient (Wildman–Crippen LogP) is 3.21. The molecule has 1 unspecified atom stereocenters. The molecule has 2 N–H and O–H groups in total. The largest absolute Gasteiger partial charge is 0.399 e. The van der Waals surface area contributed by atoms with Gasteiger partial charge in [-0.3, -0.25) is 4.90 Å². The molecular formula is C15H22N2. The van der Waals surface area contributed by atoms with Crippen molar-refractivity contribution in [3.63, 3.8) is 0 Å². The normalized spacial score (nSPS) is 24.8. The Labute approximate surface area is 104 Å². The number of rotatable bonds is 2. The van der Waals surface area contributed by atoms with E-state index >= 15 is 0 Å². The Morgan fingerprint density at radius 2 is 1.94 bits per heavy atom. The molecule has 2 nitrogen and oxygen atoms in total. The van der Waals surface area contributed by atoms with Crippen molar-refractivity contribution in [3.8, 4) is 0 Å². The van der Waals surface area contributed by atoms with Gasteiger partial charge in [-0.15, -0.1) is 0 Å². The lowest BCUT2D eigenvalue weighted by atomic mass is 9.77. The molecule has 0 aromatic heterocycles. The summed E-state index contributed by atoms with van der Waals surface area (Å²) in [6.07, 6.45) is 5.79. The maximum Gasteiger partial charge on any atom is 0.0321 e. The van der Waals surface area contributed by atoms with E-state index in [2.05, 4.69) is 30.0 Å². The van der Waals surface area contributed by atoms with Crippen molar-refractivity contribution in [2.75, 3.05) is 18.8 Å². The van der Waals surface area contributed by atoms with Gasteiger partial charge in [0.1, 0.15) is 0 Å². The number of nitrogens with zero attached hydrogens (tertiary/aromatic N) is 1. The lowest BCUT2D eigenvalue weighted by Crippen LogP contribution is -2.55. The fourth-order valence-corrected chi connectivity index (χ4v) is 3.56. The SMILES string of the molecule is CC(c1cccc(N)c1)N1CC2(CCCC2)C1. The van der Waals surface area contributed by atoms with Crippen LogP contribution in [0.4, 0.5) is 5.69 Å². The molecular weight excluding hydrogens is 208 g/mol. The Morgan fingerprint density at radius 1 is 1.24 bits per heavy atom. The number of benzene rings is 1. The van der Waals surface area contributed by atoms with Crippen molar-refractivity contribution in [2.45, 2.75) is 38.6 Å². The molecule has 2 heteroatoms. The Hall–Kier alpha value is -1.02. The van der Waals surface area contributed by atoms with Crippen LogP contribution in [0.5, 0.6) is 0 Å². The molecule has 0 amide bonds. The van der Waals surface area contributed by atoms with Gasteiger partial charge in [-0.2, -0.15) is 0 Å². The van der Waals surface area contributed by atoms with Gasteiger partial charge in [0.05, 0.1) is 0 Å². The first-order valence-electron chi connectivity index (χ1n) is 6.78. The summed E-state index contributed by atoms with van der Waals surface area (Å²) in [5, 5.41) is 0. The number of nitrogens with two attached hydrogens (primary N) is 1. The summed E-state index contributed by atoms with van der Waals surface area (Å²) in [5.41, 5.74) is 8.78. The summed E-state index contributed by atoms with van der Waals surface area (Å²) >= 11 is 0. The third kappa shape index (κ3) is 1.95. The fourth-order valence-electron chi connectivity index (χ4n) is 3.56. The Morgan fingerprint density at radius 3 is 2.59 bits per heavy atom. The van der Waals surface area contributed by atoms with Crippen LogP contribution in [-0.4, -0.2) is 18.0 Å². The van der Waals surface area contributed by atoms with E-state index in [1.807, 2.05) is 6.07 Å². The van der Waals surface area contributed by atoms with Crippen molar-refractivity contribution in [2.24, 2.45) is 5.41 Å². The highest BCUT2D eigenvalue weighted by molar-refractivity contribution is 5.41. The highest BCUT2D eigenvalue weighted by Crippen LogP contribution is 2.48. The van der Waals surface area contributed by atoms with E-state index in [0.29, 0.717) is 11.5 Å². The molecule has 3 rings (SSSR count). The number of hydrogen-bond acceptors (Lipinski definition) is 2. The molecule has 2 aliphatic rings. The van der Waals surface area contributed by atoms with Crippen LogP contribution < -0.4 is 5.73 Å². The van der Waals surface area contributed by atoms with Crippen molar-refractivity contribution >= 4 is 5.69 Å². The van der Waals surface area contributed by atoms with E-state index in [9.17, 15) is 0 Å². The molecule has 1 heterocycles. The summed E-state index contributed by atoms with van der Waals surface area (Å²) in [6, 6.07) is 8.85. The van der Waals surface area contributed by atoms with Gasteiger partial charge in [0.25, 0.3) is 0 Å². The molecule has 2 fully saturated rings. The zero-order valence-corrected chi connectivity index (χ0v) is 10.7. The van der Waals surface area contributed by atoms with Crippen LogP contribution in [0.25, 0.3) is 0 Å². The van der Waals surface area contributed by atoms with Gasteiger partial charge < -0.3 is 5.73 Å². The van der Waals surface area contributed by atoms with Gasteiger partial charge in [0, 0.05) is 24.8 Å². The molecule has 1 saturated heterocycles. The van der Waals surface area contributed by atoms with E-state index < -0.39 is 0 Å². The van der Waals surface area contributed by atoms with E-state index in [1.54, 1.807) is 0 Å². The van der Waals surface area contributed by atoms with Crippen molar-refractivity contribution in [1.82, 2.24) is 4.90 Å². The minimum absolute atomic E-state index is 0.518. The fraction of sp³-hybridized carbons (Fsp3) is 0.600. The first-order valence-corrected chi connectivity index (χ1v) is 6.78. The second-order valence-electron chi connectivity index (χ2n) is 5.96. The first kappa shape index (κ1) is 11.1. The van der Waals surface area contributed by atoms with Gasteiger partial charge in [0.15, 0.2) is 0 Å². The van der Waals surface area contributed by atoms with Gasteiger partial charge in [-0.1, -0.05) is 25.0 Å². The second kappa shape index (κ2) is 4.02. The van der Waals surface area contributed by atoms with Gasteiger partial charge in [0.2, 0.25) is 0 Å². The van der Waals surface area contributed by atoms with Crippen LogP contribution in [0.2, 0.25) is 0 Å². The topological polar surface area (TPSA) is 29.3 Å². The molecule has 1 spiro atoms. The first-order chi connectivity index (χ1) is 8.19. The Kier molecular flexibility index (Phi) is 2.62.